The summed E-state index contributed by atoms with van der Waals surface area (Å²) in [6, 6.07) is 5.97. The largest absolute Gasteiger partial charge is 0.360 e. The third kappa shape index (κ3) is 3.16. The number of aromatic amines is 1. The molecule has 3 saturated heterocycles. The number of carbonyl (C=O) groups excluding carboxylic acids is 1. The standard InChI is InChI=1S/C25H28ClN3O2/c26-18-6-7-19-21(12-18)27-13-20(24(19)30)25(31)29-9-3-4-15-10-16-11-17(23(15)29)14-28-8-2-1-5-22(16)28/h6-7,10,12-13,16-17,22-23H,1-5,8-9,11,14H2,(H,27,30)/t16-,17-,22+,23+/m0/s1. The highest BCUT2D eigenvalue weighted by molar-refractivity contribution is 6.31. The van der Waals surface area contributed by atoms with Crippen LogP contribution in [0.25, 0.3) is 10.9 Å². The van der Waals surface area contributed by atoms with E-state index in [0.717, 1.165) is 25.9 Å². The number of piperidine rings is 3. The number of pyridine rings is 1. The molecule has 0 unspecified atom stereocenters. The van der Waals surface area contributed by atoms with Crippen molar-refractivity contribution in [2.75, 3.05) is 19.6 Å². The Bertz CT molecular complexity index is 1140. The topological polar surface area (TPSA) is 56.4 Å². The SMILES string of the molecule is O=C(c1c[nH]c2cc(Cl)ccc2c1=O)N1CCCC2=C[C@H]3C[C@@H](CN4CCCC[C@H]34)[C@@H]21. The van der Waals surface area contributed by atoms with Gasteiger partial charge in [-0.05, 0) is 68.7 Å². The highest BCUT2D eigenvalue weighted by Gasteiger charge is 2.47. The smallest absolute Gasteiger partial charge is 0.259 e. The molecule has 2 aromatic rings. The molecule has 0 saturated carbocycles. The summed E-state index contributed by atoms with van der Waals surface area (Å²) < 4.78 is 0. The summed E-state index contributed by atoms with van der Waals surface area (Å²) in [6.45, 7) is 3.00. The first-order valence-corrected chi connectivity index (χ1v) is 12.0. The minimum absolute atomic E-state index is 0.132. The number of hydrogen-bond donors (Lipinski definition) is 1. The number of aromatic nitrogens is 1. The lowest BCUT2D eigenvalue weighted by atomic mass is 9.68. The number of amides is 1. The van der Waals surface area contributed by atoms with Crippen LogP contribution in [0.15, 0.2) is 40.8 Å². The Balaban J connectivity index is 1.36. The Morgan fingerprint density at radius 1 is 1.16 bits per heavy atom. The van der Waals surface area contributed by atoms with Gasteiger partial charge in [-0.3, -0.25) is 14.5 Å². The van der Waals surface area contributed by atoms with E-state index in [1.165, 1.54) is 37.8 Å². The third-order valence-electron chi connectivity index (χ3n) is 7.99. The van der Waals surface area contributed by atoms with Crippen molar-refractivity contribution >= 4 is 28.4 Å². The van der Waals surface area contributed by atoms with E-state index in [1.807, 2.05) is 4.90 Å². The van der Waals surface area contributed by atoms with Crippen LogP contribution >= 0.6 is 11.6 Å². The Hall–Kier alpha value is -2.11. The van der Waals surface area contributed by atoms with Crippen molar-refractivity contribution in [2.45, 2.75) is 50.6 Å². The van der Waals surface area contributed by atoms with Crippen LogP contribution < -0.4 is 5.43 Å². The molecule has 31 heavy (non-hydrogen) atoms. The Kier molecular flexibility index (Phi) is 4.73. The molecule has 1 aromatic heterocycles. The summed E-state index contributed by atoms with van der Waals surface area (Å²) in [5.41, 5.74) is 2.14. The fourth-order valence-electron chi connectivity index (χ4n) is 6.71. The lowest BCUT2D eigenvalue weighted by Gasteiger charge is -2.54. The summed E-state index contributed by atoms with van der Waals surface area (Å²) in [5.74, 6) is 0.976. The van der Waals surface area contributed by atoms with Crippen LogP contribution in [0.5, 0.6) is 0 Å². The number of fused-ring (bicyclic) bond motifs is 7. The minimum Gasteiger partial charge on any atom is -0.360 e. The predicted molar refractivity (Wildman–Crippen MR) is 123 cm³/mol. The second kappa shape index (κ2) is 7.49. The van der Waals surface area contributed by atoms with Gasteiger partial charge in [0.1, 0.15) is 5.56 Å². The van der Waals surface area contributed by atoms with Crippen LogP contribution in [0.2, 0.25) is 5.02 Å². The predicted octanol–water partition coefficient (Wildman–Crippen LogP) is 4.22. The number of halogens is 1. The Morgan fingerprint density at radius 2 is 2.06 bits per heavy atom. The van der Waals surface area contributed by atoms with Crippen LogP contribution in [-0.4, -0.2) is 52.4 Å². The van der Waals surface area contributed by atoms with Gasteiger partial charge in [-0.1, -0.05) is 29.7 Å². The zero-order chi connectivity index (χ0) is 21.1. The van der Waals surface area contributed by atoms with E-state index in [4.69, 9.17) is 11.6 Å². The first kappa shape index (κ1) is 19.6. The minimum atomic E-state index is -0.208. The van der Waals surface area contributed by atoms with Crippen LogP contribution in [0, 0.1) is 11.8 Å². The molecular weight excluding hydrogens is 410 g/mol. The molecule has 6 heteroatoms. The molecule has 1 N–H and O–H groups in total. The molecule has 1 amide bonds. The Labute approximate surface area is 187 Å². The van der Waals surface area contributed by atoms with Gasteiger partial charge in [0.15, 0.2) is 0 Å². The molecular formula is C25H28ClN3O2. The normalized spacial score (nSPS) is 30.5. The van der Waals surface area contributed by atoms with Crippen molar-refractivity contribution < 1.29 is 4.79 Å². The molecule has 4 atom stereocenters. The van der Waals surface area contributed by atoms with Gasteiger partial charge in [-0.25, -0.2) is 0 Å². The van der Waals surface area contributed by atoms with Crippen molar-refractivity contribution in [3.8, 4) is 0 Å². The van der Waals surface area contributed by atoms with Crippen molar-refractivity contribution in [1.29, 1.82) is 0 Å². The van der Waals surface area contributed by atoms with Gasteiger partial charge in [0.25, 0.3) is 5.91 Å². The van der Waals surface area contributed by atoms with Crippen molar-refractivity contribution in [3.63, 3.8) is 0 Å². The monoisotopic (exact) mass is 437 g/mol. The van der Waals surface area contributed by atoms with Gasteiger partial charge < -0.3 is 9.88 Å². The summed E-state index contributed by atoms with van der Waals surface area (Å²) in [4.78, 5) is 34.6. The van der Waals surface area contributed by atoms with E-state index in [0.29, 0.717) is 33.8 Å². The molecule has 162 valence electrons. The van der Waals surface area contributed by atoms with Crippen LogP contribution in [-0.2, 0) is 0 Å². The number of benzene rings is 1. The average molecular weight is 438 g/mol. The summed E-state index contributed by atoms with van der Waals surface area (Å²) in [7, 11) is 0. The second-order valence-electron chi connectivity index (χ2n) is 9.73. The molecule has 1 aromatic carbocycles. The number of rotatable bonds is 1. The van der Waals surface area contributed by atoms with Crippen molar-refractivity contribution in [3.05, 3.63) is 56.9 Å². The van der Waals surface area contributed by atoms with Crippen molar-refractivity contribution in [1.82, 2.24) is 14.8 Å². The number of H-pyrrole nitrogens is 1. The highest BCUT2D eigenvalue weighted by atomic mass is 35.5. The molecule has 3 aliphatic heterocycles. The van der Waals surface area contributed by atoms with Gasteiger partial charge >= 0.3 is 0 Å². The van der Waals surface area contributed by atoms with Gasteiger partial charge in [0.05, 0.1) is 11.6 Å². The van der Waals surface area contributed by atoms with E-state index in [1.54, 1.807) is 24.4 Å². The fourth-order valence-corrected chi connectivity index (χ4v) is 6.88. The molecule has 2 bridgehead atoms. The molecule has 3 fully saturated rings. The fraction of sp³-hybridized carbons (Fsp3) is 0.520. The number of nitrogens with zero attached hydrogens (tertiary/aromatic N) is 2. The summed E-state index contributed by atoms with van der Waals surface area (Å²) in [6.07, 6.45) is 11.3. The number of likely N-dealkylation sites (tertiary alicyclic amines) is 1. The van der Waals surface area contributed by atoms with E-state index in [2.05, 4.69) is 16.0 Å². The van der Waals surface area contributed by atoms with E-state index in [9.17, 15) is 9.59 Å². The van der Waals surface area contributed by atoms with Crippen LogP contribution in [0.4, 0.5) is 0 Å². The lowest BCUT2D eigenvalue weighted by Crippen LogP contribution is -2.60. The molecule has 4 aliphatic rings. The average Bonchev–Trinajstić information content (AvgIpc) is 2.78. The van der Waals surface area contributed by atoms with Gasteiger partial charge in [-0.15, -0.1) is 0 Å². The molecule has 0 radical (unpaired) electrons. The van der Waals surface area contributed by atoms with E-state index >= 15 is 0 Å². The van der Waals surface area contributed by atoms with Gasteiger partial charge in [0, 0.05) is 35.7 Å². The number of nitrogens with one attached hydrogen (secondary N) is 1. The zero-order valence-electron chi connectivity index (χ0n) is 17.6. The maximum absolute atomic E-state index is 13.7. The third-order valence-corrected chi connectivity index (χ3v) is 8.23. The lowest BCUT2D eigenvalue weighted by molar-refractivity contribution is 0.00143. The van der Waals surface area contributed by atoms with Crippen LogP contribution in [0.1, 0.15) is 48.9 Å². The quantitative estimate of drug-likeness (QED) is 0.679. The van der Waals surface area contributed by atoms with Crippen molar-refractivity contribution in [2.24, 2.45) is 11.8 Å². The molecule has 1 aliphatic carbocycles. The molecule has 0 spiro atoms. The Morgan fingerprint density at radius 3 is 2.97 bits per heavy atom. The van der Waals surface area contributed by atoms with Gasteiger partial charge in [0.2, 0.25) is 5.43 Å². The van der Waals surface area contributed by atoms with Crippen LogP contribution in [0.3, 0.4) is 0 Å². The summed E-state index contributed by atoms with van der Waals surface area (Å²) >= 11 is 6.06. The number of carbonyl (C=O) groups is 1. The van der Waals surface area contributed by atoms with Gasteiger partial charge in [-0.2, -0.15) is 0 Å². The van der Waals surface area contributed by atoms with E-state index in [-0.39, 0.29) is 22.9 Å². The number of hydrogen-bond acceptors (Lipinski definition) is 3. The second-order valence-corrected chi connectivity index (χ2v) is 10.2. The summed E-state index contributed by atoms with van der Waals surface area (Å²) in [5, 5.41) is 1.08. The molecule has 5 nitrogen and oxygen atoms in total. The first-order chi connectivity index (χ1) is 15.1. The first-order valence-electron chi connectivity index (χ1n) is 11.7. The zero-order valence-corrected chi connectivity index (χ0v) is 18.4. The van der Waals surface area contributed by atoms with E-state index < -0.39 is 0 Å². The maximum Gasteiger partial charge on any atom is 0.259 e. The molecule has 4 heterocycles. The maximum atomic E-state index is 13.7. The highest BCUT2D eigenvalue weighted by Crippen LogP contribution is 2.45. The molecule has 6 rings (SSSR count).